The van der Waals surface area contributed by atoms with Crippen LogP contribution in [-0.2, 0) is 27.8 Å². The lowest BCUT2D eigenvalue weighted by Crippen LogP contribution is -2.36. The summed E-state index contributed by atoms with van der Waals surface area (Å²) < 4.78 is 28.0. The van der Waals surface area contributed by atoms with Crippen LogP contribution in [0.1, 0.15) is 30.9 Å². The molecule has 1 aliphatic carbocycles. The molecule has 2 aromatic carbocycles. The summed E-state index contributed by atoms with van der Waals surface area (Å²) in [7, 11) is -3.64. The van der Waals surface area contributed by atoms with Gasteiger partial charge in [0.25, 0.3) is 0 Å². The number of benzene rings is 2. The average molecular weight is 405 g/mol. The molecule has 0 aromatic heterocycles. The molecular weight excluding hydrogens is 384 g/mol. The first-order chi connectivity index (χ1) is 12.8. The molecule has 142 valence electrons. The van der Waals surface area contributed by atoms with Gasteiger partial charge in [-0.2, -0.15) is 0 Å². The summed E-state index contributed by atoms with van der Waals surface area (Å²) in [4.78, 5) is 14.6. The zero-order valence-electron chi connectivity index (χ0n) is 15.0. The van der Waals surface area contributed by atoms with E-state index >= 15 is 0 Å². The van der Waals surface area contributed by atoms with E-state index in [1.54, 1.807) is 42.5 Å². The molecule has 0 unspecified atom stereocenters. The predicted molar refractivity (Wildman–Crippen MR) is 105 cm³/mol. The minimum atomic E-state index is -3.64. The number of nitrogens with zero attached hydrogens (tertiary/aromatic N) is 1. The second-order valence-electron chi connectivity index (χ2n) is 7.28. The lowest BCUT2D eigenvalue weighted by Gasteiger charge is -2.22. The second-order valence-corrected chi connectivity index (χ2v) is 9.48. The highest BCUT2D eigenvalue weighted by Gasteiger charge is 2.39. The van der Waals surface area contributed by atoms with Gasteiger partial charge in [-0.15, -0.1) is 0 Å². The number of carbonyl (C=O) groups is 1. The highest BCUT2D eigenvalue weighted by atomic mass is 35.5. The van der Waals surface area contributed by atoms with Gasteiger partial charge in [0.05, 0.1) is 4.90 Å². The number of hydrogen-bond acceptors (Lipinski definition) is 3. The molecule has 0 bridgehead atoms. The number of halogens is 1. The Morgan fingerprint density at radius 2 is 1.89 bits per heavy atom. The van der Waals surface area contributed by atoms with Crippen LogP contribution in [0.4, 0.5) is 5.69 Å². The van der Waals surface area contributed by atoms with Gasteiger partial charge in [0.15, 0.2) is 0 Å². The third-order valence-corrected chi connectivity index (χ3v) is 6.77. The number of nitrogens with one attached hydrogen (secondary N) is 1. The van der Waals surface area contributed by atoms with Crippen LogP contribution in [-0.4, -0.2) is 20.4 Å². The van der Waals surface area contributed by atoms with Gasteiger partial charge >= 0.3 is 0 Å². The number of fused-ring (bicyclic) bond motifs is 1. The Labute approximate surface area is 164 Å². The number of carbonyl (C=O) groups excluding carboxylic acids is 1. The molecule has 1 fully saturated rings. The van der Waals surface area contributed by atoms with E-state index in [2.05, 4.69) is 4.72 Å². The zero-order chi connectivity index (χ0) is 19.2. The smallest absolute Gasteiger partial charge is 0.240 e. The van der Waals surface area contributed by atoms with Crippen LogP contribution in [0.5, 0.6) is 0 Å². The molecule has 27 heavy (non-hydrogen) atoms. The van der Waals surface area contributed by atoms with Gasteiger partial charge in [-0.25, -0.2) is 13.1 Å². The first-order valence-electron chi connectivity index (χ1n) is 9.05. The van der Waals surface area contributed by atoms with Gasteiger partial charge in [0.1, 0.15) is 0 Å². The fourth-order valence-electron chi connectivity index (χ4n) is 3.50. The molecule has 1 N–H and O–H groups in total. The maximum Gasteiger partial charge on any atom is 0.240 e. The van der Waals surface area contributed by atoms with Crippen LogP contribution in [0.15, 0.2) is 47.4 Å². The highest BCUT2D eigenvalue weighted by molar-refractivity contribution is 7.89. The Morgan fingerprint density at radius 3 is 2.56 bits per heavy atom. The van der Waals surface area contributed by atoms with E-state index in [0.29, 0.717) is 11.4 Å². The highest BCUT2D eigenvalue weighted by Crippen LogP contribution is 2.39. The second kappa shape index (κ2) is 6.93. The Bertz CT molecular complexity index is 985. The van der Waals surface area contributed by atoms with Crippen LogP contribution in [0.2, 0.25) is 5.02 Å². The van der Waals surface area contributed by atoms with Crippen molar-refractivity contribution in [3.05, 3.63) is 58.6 Å². The van der Waals surface area contributed by atoms with E-state index in [0.717, 1.165) is 29.7 Å². The third kappa shape index (κ3) is 3.74. The minimum absolute atomic E-state index is 0.0630. The lowest BCUT2D eigenvalue weighted by atomic mass is 10.1. The number of hydrogen-bond donors (Lipinski definition) is 1. The van der Waals surface area contributed by atoms with Gasteiger partial charge < -0.3 is 4.90 Å². The molecule has 0 saturated heterocycles. The van der Waals surface area contributed by atoms with E-state index in [1.165, 1.54) is 0 Å². The summed E-state index contributed by atoms with van der Waals surface area (Å²) in [5, 5.41) is 0.611. The Morgan fingerprint density at radius 1 is 1.19 bits per heavy atom. The van der Waals surface area contributed by atoms with Crippen molar-refractivity contribution in [2.45, 2.75) is 43.7 Å². The van der Waals surface area contributed by atoms with Gasteiger partial charge in [-0.05, 0) is 67.6 Å². The van der Waals surface area contributed by atoms with Crippen molar-refractivity contribution in [3.8, 4) is 0 Å². The van der Waals surface area contributed by atoms with E-state index < -0.39 is 10.0 Å². The first-order valence-corrected chi connectivity index (χ1v) is 10.9. The molecule has 4 rings (SSSR count). The molecule has 1 saturated carbocycles. The molecular formula is C20H21ClN2O3S. The molecule has 2 aliphatic rings. The summed E-state index contributed by atoms with van der Waals surface area (Å²) in [6.45, 7) is 2.20. The molecule has 1 atom stereocenters. The molecule has 5 nitrogen and oxygen atoms in total. The molecule has 1 amide bonds. The fraction of sp³-hybridized carbons (Fsp3) is 0.350. The molecule has 1 aliphatic heterocycles. The van der Waals surface area contributed by atoms with Crippen molar-refractivity contribution >= 4 is 33.2 Å². The van der Waals surface area contributed by atoms with Crippen LogP contribution >= 0.6 is 11.6 Å². The van der Waals surface area contributed by atoms with Crippen molar-refractivity contribution in [3.63, 3.8) is 0 Å². The van der Waals surface area contributed by atoms with Crippen molar-refractivity contribution < 1.29 is 13.2 Å². The summed E-state index contributed by atoms with van der Waals surface area (Å²) in [6, 6.07) is 12.1. The Hall–Kier alpha value is -1.89. The standard InChI is InChI=1S/C20H21ClN2O3S/c1-13-10-16-11-18(8-9-19(16)23(13)20(24)15-4-5-15)27(25,26)22-12-14-2-6-17(21)7-3-14/h2-3,6-9,11,13,15,22H,4-5,10,12H2,1H3/t13-/m0/s1. The summed E-state index contributed by atoms with van der Waals surface area (Å²) in [5.41, 5.74) is 2.58. The number of amides is 1. The van der Waals surface area contributed by atoms with E-state index in [4.69, 9.17) is 11.6 Å². The SMILES string of the molecule is C[C@H]1Cc2cc(S(=O)(=O)NCc3ccc(Cl)cc3)ccc2N1C(=O)C1CC1. The predicted octanol–water partition coefficient (Wildman–Crippen LogP) is 3.51. The van der Waals surface area contributed by atoms with Crippen molar-refractivity contribution in [2.75, 3.05) is 4.90 Å². The molecule has 7 heteroatoms. The topological polar surface area (TPSA) is 66.5 Å². The average Bonchev–Trinajstić information content (AvgIpc) is 3.43. The fourth-order valence-corrected chi connectivity index (χ4v) is 4.70. The quantitative estimate of drug-likeness (QED) is 0.829. The van der Waals surface area contributed by atoms with E-state index in [1.807, 2.05) is 11.8 Å². The van der Waals surface area contributed by atoms with Crippen LogP contribution in [0.3, 0.4) is 0 Å². The monoisotopic (exact) mass is 404 g/mol. The largest absolute Gasteiger partial charge is 0.309 e. The van der Waals surface area contributed by atoms with E-state index in [-0.39, 0.29) is 29.3 Å². The first kappa shape index (κ1) is 18.5. The Balaban J connectivity index is 1.53. The van der Waals surface area contributed by atoms with E-state index in [9.17, 15) is 13.2 Å². The van der Waals surface area contributed by atoms with Gasteiger partial charge in [-0.1, -0.05) is 23.7 Å². The molecule has 1 heterocycles. The summed E-state index contributed by atoms with van der Waals surface area (Å²) in [6.07, 6.45) is 2.59. The Kier molecular flexibility index (Phi) is 4.74. The van der Waals surface area contributed by atoms with Crippen molar-refractivity contribution in [2.24, 2.45) is 5.92 Å². The lowest BCUT2D eigenvalue weighted by molar-refractivity contribution is -0.120. The van der Waals surface area contributed by atoms with Crippen LogP contribution < -0.4 is 9.62 Å². The normalized spacial score (nSPS) is 19.2. The van der Waals surface area contributed by atoms with Crippen LogP contribution in [0.25, 0.3) is 0 Å². The minimum Gasteiger partial charge on any atom is -0.309 e. The number of sulfonamides is 1. The van der Waals surface area contributed by atoms with Gasteiger partial charge in [-0.3, -0.25) is 4.79 Å². The summed E-state index contributed by atoms with van der Waals surface area (Å²) >= 11 is 5.85. The van der Waals surface area contributed by atoms with Crippen molar-refractivity contribution in [1.82, 2.24) is 4.72 Å². The molecule has 0 spiro atoms. The van der Waals surface area contributed by atoms with Crippen LogP contribution in [0, 0.1) is 5.92 Å². The zero-order valence-corrected chi connectivity index (χ0v) is 16.6. The third-order valence-electron chi connectivity index (χ3n) is 5.12. The van der Waals surface area contributed by atoms with Crippen molar-refractivity contribution in [1.29, 1.82) is 0 Å². The van der Waals surface area contributed by atoms with Gasteiger partial charge in [0, 0.05) is 29.2 Å². The summed E-state index contributed by atoms with van der Waals surface area (Å²) in [5.74, 6) is 0.306. The number of anilines is 1. The van der Waals surface area contributed by atoms with Gasteiger partial charge in [0.2, 0.25) is 15.9 Å². The maximum absolute atomic E-state index is 12.7. The maximum atomic E-state index is 12.7. The number of rotatable bonds is 5. The molecule has 0 radical (unpaired) electrons. The molecule has 2 aromatic rings.